The van der Waals surface area contributed by atoms with Gasteiger partial charge in [0.25, 0.3) is 0 Å². The fourth-order valence-electron chi connectivity index (χ4n) is 1.94. The van der Waals surface area contributed by atoms with Crippen molar-refractivity contribution in [3.8, 4) is 0 Å². The zero-order chi connectivity index (χ0) is 12.6. The van der Waals surface area contributed by atoms with Gasteiger partial charge in [0, 0.05) is 18.0 Å². The van der Waals surface area contributed by atoms with Crippen LogP contribution in [0.25, 0.3) is 11.0 Å². The average Bonchev–Trinajstić information content (AvgIpc) is 2.66. The molecule has 1 heterocycles. The molecule has 0 fully saturated rings. The van der Waals surface area contributed by atoms with Gasteiger partial charge < -0.3 is 4.57 Å². The van der Waals surface area contributed by atoms with E-state index in [4.69, 9.17) is 11.6 Å². The first kappa shape index (κ1) is 12.1. The van der Waals surface area contributed by atoms with Gasteiger partial charge in [0.05, 0.1) is 11.0 Å². The Morgan fingerprint density at radius 1 is 1.53 bits per heavy atom. The molecule has 90 valence electrons. The first-order valence-corrected chi connectivity index (χ1v) is 6.10. The number of benzene rings is 1. The van der Waals surface area contributed by atoms with Crippen LogP contribution in [0.15, 0.2) is 18.2 Å². The van der Waals surface area contributed by atoms with E-state index < -0.39 is 0 Å². The van der Waals surface area contributed by atoms with E-state index in [0.717, 1.165) is 17.5 Å². The Morgan fingerprint density at radius 3 is 2.82 bits per heavy atom. The molecule has 0 radical (unpaired) electrons. The Morgan fingerprint density at radius 2 is 2.24 bits per heavy atom. The van der Waals surface area contributed by atoms with Crippen molar-refractivity contribution in [2.45, 2.75) is 33.2 Å². The number of hydrogen-bond acceptors (Lipinski definition) is 2. The first-order valence-electron chi connectivity index (χ1n) is 5.73. The summed E-state index contributed by atoms with van der Waals surface area (Å²) in [5, 5.41) is 0.664. The third-order valence-corrected chi connectivity index (χ3v) is 3.23. The number of carbonyl (C=O) groups is 1. The van der Waals surface area contributed by atoms with Gasteiger partial charge in [-0.1, -0.05) is 18.5 Å². The number of halogens is 1. The molecule has 0 aliphatic heterocycles. The van der Waals surface area contributed by atoms with E-state index >= 15 is 0 Å². The maximum absolute atomic E-state index is 11.6. The summed E-state index contributed by atoms with van der Waals surface area (Å²) in [6.07, 6.45) is 0.943. The van der Waals surface area contributed by atoms with Crippen LogP contribution in [0.4, 0.5) is 0 Å². The van der Waals surface area contributed by atoms with Crippen molar-refractivity contribution in [2.24, 2.45) is 0 Å². The molecule has 0 N–H and O–H groups in total. The number of ketones is 1. The smallest absolute Gasteiger partial charge is 0.195 e. The Hall–Kier alpha value is -1.35. The number of carbonyl (C=O) groups excluding carboxylic acids is 1. The second kappa shape index (κ2) is 4.49. The standard InChI is InChI=1S/C13H15ClN2O/c1-4-8(2)16-12-7-10(14)5-6-11(12)15-13(16)9(3)17/h5-8H,4H2,1-3H3. The van der Waals surface area contributed by atoms with Gasteiger partial charge in [0.1, 0.15) is 0 Å². The number of hydrogen-bond donors (Lipinski definition) is 0. The SMILES string of the molecule is CCC(C)n1c(C(C)=O)nc2ccc(Cl)cc21. The largest absolute Gasteiger partial charge is 0.319 e. The van der Waals surface area contributed by atoms with Crippen molar-refractivity contribution in [1.29, 1.82) is 0 Å². The number of aromatic nitrogens is 2. The molecule has 0 saturated carbocycles. The number of Topliss-reactive ketones (excluding diaryl/α,β-unsaturated/α-hetero) is 1. The van der Waals surface area contributed by atoms with Crippen LogP contribution >= 0.6 is 11.6 Å². The van der Waals surface area contributed by atoms with Crippen molar-refractivity contribution < 1.29 is 4.79 Å². The second-order valence-electron chi connectivity index (χ2n) is 4.25. The highest BCUT2D eigenvalue weighted by molar-refractivity contribution is 6.31. The molecule has 0 bridgehead atoms. The number of imidazole rings is 1. The molecule has 0 aliphatic rings. The van der Waals surface area contributed by atoms with Crippen LogP contribution in [0.1, 0.15) is 43.9 Å². The van der Waals surface area contributed by atoms with Crippen molar-refractivity contribution in [3.63, 3.8) is 0 Å². The van der Waals surface area contributed by atoms with E-state index in [-0.39, 0.29) is 11.8 Å². The van der Waals surface area contributed by atoms with E-state index in [1.165, 1.54) is 0 Å². The van der Waals surface area contributed by atoms with Crippen LogP contribution in [0.5, 0.6) is 0 Å². The number of rotatable bonds is 3. The lowest BCUT2D eigenvalue weighted by Gasteiger charge is -2.14. The zero-order valence-electron chi connectivity index (χ0n) is 10.2. The van der Waals surface area contributed by atoms with Gasteiger partial charge in [-0.05, 0) is 31.5 Å². The first-order chi connectivity index (χ1) is 8.04. The van der Waals surface area contributed by atoms with Crippen LogP contribution in [-0.2, 0) is 0 Å². The summed E-state index contributed by atoms with van der Waals surface area (Å²) in [5.74, 6) is 0.495. The van der Waals surface area contributed by atoms with Crippen LogP contribution in [0.2, 0.25) is 5.02 Å². The van der Waals surface area contributed by atoms with Crippen LogP contribution < -0.4 is 0 Å². The Kier molecular flexibility index (Phi) is 3.20. The van der Waals surface area contributed by atoms with Gasteiger partial charge in [-0.25, -0.2) is 4.98 Å². The topological polar surface area (TPSA) is 34.9 Å². The van der Waals surface area contributed by atoms with E-state index in [1.54, 1.807) is 13.0 Å². The fraction of sp³-hybridized carbons (Fsp3) is 0.385. The van der Waals surface area contributed by atoms with Crippen LogP contribution in [0, 0.1) is 0 Å². The molecule has 3 nitrogen and oxygen atoms in total. The van der Waals surface area contributed by atoms with Crippen molar-refractivity contribution in [1.82, 2.24) is 9.55 Å². The Balaban J connectivity index is 2.77. The van der Waals surface area contributed by atoms with Crippen molar-refractivity contribution >= 4 is 28.4 Å². The third kappa shape index (κ3) is 2.07. The average molecular weight is 251 g/mol. The summed E-state index contributed by atoms with van der Waals surface area (Å²) in [4.78, 5) is 16.0. The monoisotopic (exact) mass is 250 g/mol. The van der Waals surface area contributed by atoms with Crippen LogP contribution in [-0.4, -0.2) is 15.3 Å². The van der Waals surface area contributed by atoms with E-state index in [0.29, 0.717) is 10.8 Å². The molecule has 4 heteroatoms. The summed E-state index contributed by atoms with van der Waals surface area (Å²) in [7, 11) is 0. The number of nitrogens with zero attached hydrogens (tertiary/aromatic N) is 2. The highest BCUT2D eigenvalue weighted by Gasteiger charge is 2.17. The predicted octanol–water partition coefficient (Wildman–Crippen LogP) is 3.86. The summed E-state index contributed by atoms with van der Waals surface area (Å²) in [6, 6.07) is 5.74. The molecule has 1 atom stereocenters. The van der Waals surface area contributed by atoms with Gasteiger partial charge in [-0.3, -0.25) is 4.79 Å². The molecular formula is C13H15ClN2O. The van der Waals surface area contributed by atoms with E-state index in [1.807, 2.05) is 16.7 Å². The maximum Gasteiger partial charge on any atom is 0.195 e. The molecule has 0 saturated heterocycles. The predicted molar refractivity (Wildman–Crippen MR) is 69.7 cm³/mol. The quantitative estimate of drug-likeness (QED) is 0.776. The zero-order valence-corrected chi connectivity index (χ0v) is 11.0. The summed E-state index contributed by atoms with van der Waals surface area (Å²) >= 11 is 6.00. The minimum Gasteiger partial charge on any atom is -0.319 e. The second-order valence-corrected chi connectivity index (χ2v) is 4.69. The van der Waals surface area contributed by atoms with E-state index in [2.05, 4.69) is 18.8 Å². The maximum atomic E-state index is 11.6. The molecule has 0 aliphatic carbocycles. The minimum atomic E-state index is -0.0161. The molecular weight excluding hydrogens is 236 g/mol. The summed E-state index contributed by atoms with van der Waals surface area (Å²) < 4.78 is 1.98. The molecule has 17 heavy (non-hydrogen) atoms. The number of fused-ring (bicyclic) bond motifs is 1. The van der Waals surface area contributed by atoms with Gasteiger partial charge in [0.15, 0.2) is 11.6 Å². The molecule has 2 aromatic rings. The minimum absolute atomic E-state index is 0.0161. The Bertz CT molecular complexity index is 574. The third-order valence-electron chi connectivity index (χ3n) is 3.00. The molecule has 1 aromatic carbocycles. The molecule has 0 amide bonds. The van der Waals surface area contributed by atoms with Crippen molar-refractivity contribution in [2.75, 3.05) is 0 Å². The highest BCUT2D eigenvalue weighted by atomic mass is 35.5. The fourth-order valence-corrected chi connectivity index (χ4v) is 2.11. The van der Waals surface area contributed by atoms with Gasteiger partial charge in [0.2, 0.25) is 0 Å². The van der Waals surface area contributed by atoms with Gasteiger partial charge in [-0.2, -0.15) is 0 Å². The highest BCUT2D eigenvalue weighted by Crippen LogP contribution is 2.25. The van der Waals surface area contributed by atoms with Crippen molar-refractivity contribution in [3.05, 3.63) is 29.0 Å². The normalized spacial score (nSPS) is 12.9. The molecule has 0 spiro atoms. The lowest BCUT2D eigenvalue weighted by atomic mass is 10.2. The summed E-state index contributed by atoms with van der Waals surface area (Å²) in [6.45, 7) is 5.71. The van der Waals surface area contributed by atoms with Gasteiger partial charge in [-0.15, -0.1) is 0 Å². The molecule has 2 rings (SSSR count). The molecule has 1 unspecified atom stereocenters. The summed E-state index contributed by atoms with van der Waals surface area (Å²) in [5.41, 5.74) is 1.75. The van der Waals surface area contributed by atoms with Gasteiger partial charge >= 0.3 is 0 Å². The lowest BCUT2D eigenvalue weighted by Crippen LogP contribution is -2.11. The lowest BCUT2D eigenvalue weighted by molar-refractivity contribution is 0.0998. The van der Waals surface area contributed by atoms with Crippen LogP contribution in [0.3, 0.4) is 0 Å². The molecule has 1 aromatic heterocycles. The Labute approximate surface area is 105 Å². The van der Waals surface area contributed by atoms with E-state index in [9.17, 15) is 4.79 Å².